The van der Waals surface area contributed by atoms with Crippen LogP contribution in [0.3, 0.4) is 0 Å². The van der Waals surface area contributed by atoms with Crippen LogP contribution in [0.5, 0.6) is 11.5 Å². The Morgan fingerprint density at radius 1 is 0.949 bits per heavy atom. The molecule has 1 saturated heterocycles. The number of nitrogens with zero attached hydrogens (tertiary/aromatic N) is 1. The summed E-state index contributed by atoms with van der Waals surface area (Å²) in [6.07, 6.45) is 1.29. The van der Waals surface area contributed by atoms with E-state index >= 15 is 0 Å². The largest absolute Gasteiger partial charge is 0.490 e. The molecule has 0 spiro atoms. The summed E-state index contributed by atoms with van der Waals surface area (Å²) in [5.74, 6) is -1.72. The number of hydrogen-bond donors (Lipinski definition) is 1. The number of barbiturate groups is 1. The third-order valence-corrected chi connectivity index (χ3v) is 8.36. The molecule has 0 radical (unpaired) electrons. The van der Waals surface area contributed by atoms with Crippen LogP contribution in [0.2, 0.25) is 0 Å². The van der Waals surface area contributed by atoms with Crippen LogP contribution in [-0.2, 0) is 19.7 Å². The van der Waals surface area contributed by atoms with Crippen LogP contribution >= 0.6 is 31.9 Å². The van der Waals surface area contributed by atoms with Gasteiger partial charge in [-0.1, -0.05) is 33.6 Å². The zero-order chi connectivity index (χ0) is 28.5. The Kier molecular flexibility index (Phi) is 8.28. The molecule has 0 aliphatic carbocycles. The highest BCUT2D eigenvalue weighted by Gasteiger charge is 2.37. The molecule has 3 aromatic carbocycles. The minimum Gasteiger partial charge on any atom is -0.490 e. The average molecular weight is 678 g/mol. The smallest absolute Gasteiger partial charge is 0.339 e. The predicted molar refractivity (Wildman–Crippen MR) is 152 cm³/mol. The first-order valence-corrected chi connectivity index (χ1v) is 14.6. The first-order valence-electron chi connectivity index (χ1n) is 11.6. The fourth-order valence-corrected chi connectivity index (χ4v) is 5.56. The number of imide groups is 2. The maximum Gasteiger partial charge on any atom is 0.339 e. The number of ether oxygens (including phenoxy) is 1. The van der Waals surface area contributed by atoms with Gasteiger partial charge >= 0.3 is 16.1 Å². The highest BCUT2D eigenvalue weighted by molar-refractivity contribution is 9.10. The summed E-state index contributed by atoms with van der Waals surface area (Å²) in [5, 5.41) is 2.18. The van der Waals surface area contributed by atoms with Gasteiger partial charge in [-0.3, -0.25) is 14.9 Å². The maximum atomic E-state index is 13.3. The van der Waals surface area contributed by atoms with Gasteiger partial charge in [0.1, 0.15) is 10.5 Å². The van der Waals surface area contributed by atoms with Gasteiger partial charge in [0.15, 0.2) is 11.5 Å². The first-order chi connectivity index (χ1) is 18.4. The summed E-state index contributed by atoms with van der Waals surface area (Å²) in [6.45, 7) is 5.52. The van der Waals surface area contributed by atoms with Crippen molar-refractivity contribution in [3.05, 3.63) is 85.8 Å². The number of halogens is 2. The van der Waals surface area contributed by atoms with E-state index < -0.39 is 28.0 Å². The second-order valence-corrected chi connectivity index (χ2v) is 11.8. The summed E-state index contributed by atoms with van der Waals surface area (Å²) < 4.78 is 37.9. The zero-order valence-corrected chi connectivity index (χ0v) is 24.9. The van der Waals surface area contributed by atoms with Crippen molar-refractivity contribution in [3.8, 4) is 11.5 Å². The second kappa shape index (κ2) is 11.3. The maximum absolute atomic E-state index is 13.3. The van der Waals surface area contributed by atoms with Crippen LogP contribution in [-0.4, -0.2) is 32.9 Å². The molecule has 1 heterocycles. The van der Waals surface area contributed by atoms with Gasteiger partial charge in [-0.2, -0.15) is 8.42 Å². The van der Waals surface area contributed by atoms with Gasteiger partial charge in [-0.25, -0.2) is 9.69 Å². The van der Waals surface area contributed by atoms with Gasteiger partial charge < -0.3 is 8.92 Å². The third-order valence-electron chi connectivity index (χ3n) is 5.65. The van der Waals surface area contributed by atoms with Gasteiger partial charge in [-0.05, 0) is 96.4 Å². The Bertz CT molecular complexity index is 1630. The van der Waals surface area contributed by atoms with Crippen LogP contribution in [0, 0.1) is 13.8 Å². The molecule has 0 aromatic heterocycles. The van der Waals surface area contributed by atoms with Crippen molar-refractivity contribution < 1.29 is 31.7 Å². The normalized spacial score (nSPS) is 14.9. The molecule has 202 valence electrons. The number of rotatable bonds is 7. The molecular weight excluding hydrogens is 656 g/mol. The van der Waals surface area contributed by atoms with Crippen LogP contribution in [0.15, 0.2) is 74.0 Å². The van der Waals surface area contributed by atoms with Crippen molar-refractivity contribution in [2.75, 3.05) is 11.5 Å². The Balaban J connectivity index is 1.72. The zero-order valence-electron chi connectivity index (χ0n) is 20.9. The summed E-state index contributed by atoms with van der Waals surface area (Å²) in [4.78, 5) is 39.3. The van der Waals surface area contributed by atoms with Crippen LogP contribution in [0.1, 0.15) is 23.6 Å². The molecule has 0 bridgehead atoms. The summed E-state index contributed by atoms with van der Waals surface area (Å²) in [7, 11) is -4.19. The van der Waals surface area contributed by atoms with Gasteiger partial charge in [0.05, 0.1) is 16.8 Å². The lowest BCUT2D eigenvalue weighted by Crippen LogP contribution is -2.54. The molecule has 39 heavy (non-hydrogen) atoms. The van der Waals surface area contributed by atoms with E-state index in [4.69, 9.17) is 8.92 Å². The van der Waals surface area contributed by atoms with Crippen molar-refractivity contribution in [1.82, 2.24) is 5.32 Å². The Hall–Kier alpha value is -3.48. The van der Waals surface area contributed by atoms with Crippen molar-refractivity contribution in [1.29, 1.82) is 0 Å². The SMILES string of the molecule is CCOc1cc(/C=C2/C(=O)NC(=O)N(c3ccc(Br)c(C)c3)C2=O)cc(Br)c1OS(=O)(=O)c1ccc(C)cc1. The quantitative estimate of drug-likeness (QED) is 0.195. The van der Waals surface area contributed by atoms with E-state index in [-0.39, 0.29) is 38.7 Å². The van der Waals surface area contributed by atoms with Crippen LogP contribution in [0.25, 0.3) is 6.08 Å². The average Bonchev–Trinajstić information content (AvgIpc) is 2.86. The predicted octanol–water partition coefficient (Wildman–Crippen LogP) is 5.66. The first kappa shape index (κ1) is 28.5. The Morgan fingerprint density at radius 3 is 2.28 bits per heavy atom. The van der Waals surface area contributed by atoms with Crippen molar-refractivity contribution in [2.45, 2.75) is 25.7 Å². The van der Waals surface area contributed by atoms with E-state index in [2.05, 4.69) is 37.2 Å². The molecule has 0 saturated carbocycles. The number of anilines is 1. The van der Waals surface area contributed by atoms with Crippen LogP contribution in [0.4, 0.5) is 10.5 Å². The van der Waals surface area contributed by atoms with E-state index in [0.29, 0.717) is 5.56 Å². The number of carbonyl (C=O) groups excluding carboxylic acids is 3. The van der Waals surface area contributed by atoms with Gasteiger partial charge in [0, 0.05) is 4.47 Å². The number of amides is 4. The molecule has 4 rings (SSSR count). The highest BCUT2D eigenvalue weighted by atomic mass is 79.9. The number of nitrogens with one attached hydrogen (secondary N) is 1. The number of urea groups is 1. The van der Waals surface area contributed by atoms with Crippen molar-refractivity contribution in [2.24, 2.45) is 0 Å². The van der Waals surface area contributed by atoms with E-state index in [0.717, 1.165) is 20.5 Å². The molecule has 1 fully saturated rings. The van der Waals surface area contributed by atoms with Gasteiger partial charge in [-0.15, -0.1) is 0 Å². The molecule has 12 heteroatoms. The van der Waals surface area contributed by atoms with E-state index in [1.807, 2.05) is 6.92 Å². The van der Waals surface area contributed by atoms with Crippen molar-refractivity contribution in [3.63, 3.8) is 0 Å². The molecule has 0 atom stereocenters. The third kappa shape index (κ3) is 6.07. The lowest BCUT2D eigenvalue weighted by molar-refractivity contribution is -0.122. The molecule has 1 aliphatic rings. The van der Waals surface area contributed by atoms with E-state index in [1.165, 1.54) is 30.3 Å². The summed E-state index contributed by atoms with van der Waals surface area (Å²) in [5.41, 5.74) is 1.99. The minimum atomic E-state index is -4.19. The minimum absolute atomic E-state index is 0.0361. The highest BCUT2D eigenvalue weighted by Crippen LogP contribution is 2.39. The van der Waals surface area contributed by atoms with Crippen molar-refractivity contribution >= 4 is 71.6 Å². The Labute approximate surface area is 242 Å². The molecule has 1 N–H and O–H groups in total. The lowest BCUT2D eigenvalue weighted by Gasteiger charge is -2.26. The fraction of sp³-hybridized carbons (Fsp3) is 0.148. The number of hydrogen-bond acceptors (Lipinski definition) is 7. The molecular formula is C27H22Br2N2O7S. The van der Waals surface area contributed by atoms with E-state index in [9.17, 15) is 22.8 Å². The lowest BCUT2D eigenvalue weighted by atomic mass is 10.1. The number of aryl methyl sites for hydroxylation is 2. The number of benzene rings is 3. The molecule has 4 amide bonds. The van der Waals surface area contributed by atoms with Gasteiger partial charge in [0.25, 0.3) is 11.8 Å². The molecule has 9 nitrogen and oxygen atoms in total. The number of carbonyl (C=O) groups is 3. The Morgan fingerprint density at radius 2 is 1.64 bits per heavy atom. The monoisotopic (exact) mass is 676 g/mol. The standard InChI is InChI=1S/C27H22Br2N2O7S/c1-4-37-23-14-17(13-22(29)24(23)38-39(35,36)19-8-5-15(2)6-9-19)12-20-25(32)30-27(34)31(26(20)33)18-7-10-21(28)16(3)11-18/h5-14H,4H2,1-3H3,(H,30,32,34)/b20-12-. The molecule has 3 aromatic rings. The second-order valence-electron chi connectivity index (χ2n) is 8.50. The molecule has 1 aliphatic heterocycles. The summed E-state index contributed by atoms with van der Waals surface area (Å²) in [6, 6.07) is 13.1. The summed E-state index contributed by atoms with van der Waals surface area (Å²) >= 11 is 6.70. The van der Waals surface area contributed by atoms with Gasteiger partial charge in [0.2, 0.25) is 0 Å². The van der Waals surface area contributed by atoms with E-state index in [1.54, 1.807) is 44.2 Å². The topological polar surface area (TPSA) is 119 Å². The van der Waals surface area contributed by atoms with Crippen LogP contribution < -0.4 is 19.1 Å². The fourth-order valence-electron chi connectivity index (χ4n) is 3.70. The molecule has 0 unspecified atom stereocenters.